The van der Waals surface area contributed by atoms with E-state index in [4.69, 9.17) is 44.2 Å². The molecule has 9 rings (SSSR count). The Balaban J connectivity index is 1.32. The van der Waals surface area contributed by atoms with Gasteiger partial charge in [0.05, 0.1) is 11.0 Å². The van der Waals surface area contributed by atoms with E-state index in [1.54, 1.807) is 0 Å². The minimum Gasteiger partial charge on any atom is -0.292 e. The standard InChI is InChI=1S/C45H25B5N2/c46-40-39(41(47)43(49)44(50)42(40)48)38-32-16-8-7-15-31(32)37(33-24-21-29(25-34(33)38)26-11-3-1-4-12-26)27-19-22-30(23-20-27)52-36-18-10-9-17-35(36)51-45(52)28-13-5-2-6-14-28/h1-25H. The lowest BCUT2D eigenvalue weighted by molar-refractivity contribution is 1.10. The number of hydrogen-bond acceptors (Lipinski definition) is 1. The van der Waals surface area contributed by atoms with E-state index >= 15 is 0 Å². The largest absolute Gasteiger partial charge is 0.292 e. The minimum atomic E-state index is 0.190. The Morgan fingerprint density at radius 2 is 0.885 bits per heavy atom. The third kappa shape index (κ3) is 5.06. The van der Waals surface area contributed by atoms with Crippen LogP contribution in [0, 0.1) is 0 Å². The molecular formula is C45H25B5N2. The number of nitrogens with zero attached hydrogens (tertiary/aromatic N) is 2. The molecule has 7 heteroatoms. The Bertz CT molecular complexity index is 2800. The van der Waals surface area contributed by atoms with Gasteiger partial charge < -0.3 is 0 Å². The fourth-order valence-electron chi connectivity index (χ4n) is 7.53. The van der Waals surface area contributed by atoms with Gasteiger partial charge in [-0.25, -0.2) is 4.98 Å². The highest BCUT2D eigenvalue weighted by atomic mass is 15.1. The fourth-order valence-corrected chi connectivity index (χ4v) is 7.53. The summed E-state index contributed by atoms with van der Waals surface area (Å²) in [5.41, 5.74) is 11.0. The second kappa shape index (κ2) is 12.7. The zero-order chi connectivity index (χ0) is 35.5. The molecular weight excluding hydrogens is 623 g/mol. The molecule has 0 aliphatic carbocycles. The zero-order valence-electron chi connectivity index (χ0n) is 28.2. The molecule has 9 aromatic rings. The van der Waals surface area contributed by atoms with E-state index in [-0.39, 0.29) is 16.4 Å². The molecule has 10 radical (unpaired) electrons. The first-order valence-electron chi connectivity index (χ1n) is 17.1. The molecule has 0 aliphatic heterocycles. The molecule has 8 aromatic carbocycles. The average molecular weight is 648 g/mol. The topological polar surface area (TPSA) is 17.8 Å². The molecule has 0 fully saturated rings. The van der Waals surface area contributed by atoms with Crippen molar-refractivity contribution in [1.29, 1.82) is 0 Å². The van der Waals surface area contributed by atoms with Crippen LogP contribution in [0.4, 0.5) is 0 Å². The number of imidazole rings is 1. The first kappa shape index (κ1) is 32.0. The van der Waals surface area contributed by atoms with Gasteiger partial charge in [0, 0.05) is 11.3 Å². The molecule has 0 N–H and O–H groups in total. The maximum Gasteiger partial charge on any atom is 0.145 e. The number of benzene rings is 8. The summed E-state index contributed by atoms with van der Waals surface area (Å²) in [5.74, 6) is 0.889. The summed E-state index contributed by atoms with van der Waals surface area (Å²) in [6.45, 7) is 0. The van der Waals surface area contributed by atoms with Gasteiger partial charge in [-0.05, 0) is 85.3 Å². The second-order valence-corrected chi connectivity index (χ2v) is 13.0. The van der Waals surface area contributed by atoms with Gasteiger partial charge in [-0.15, -0.1) is 16.4 Å². The number of rotatable bonds is 5. The Hall–Kier alpha value is -5.93. The van der Waals surface area contributed by atoms with E-state index in [0.29, 0.717) is 16.5 Å². The molecule has 0 spiro atoms. The van der Waals surface area contributed by atoms with Gasteiger partial charge in [0.25, 0.3) is 0 Å². The first-order valence-corrected chi connectivity index (χ1v) is 17.1. The summed E-state index contributed by atoms with van der Waals surface area (Å²) in [5, 5.41) is 4.00. The van der Waals surface area contributed by atoms with Crippen molar-refractivity contribution >= 4 is 99.1 Å². The van der Waals surface area contributed by atoms with Crippen LogP contribution < -0.4 is 27.3 Å². The number of hydrogen-bond donors (Lipinski definition) is 0. The van der Waals surface area contributed by atoms with Crippen molar-refractivity contribution in [3.05, 3.63) is 152 Å². The Morgan fingerprint density at radius 3 is 1.56 bits per heavy atom. The molecule has 0 aliphatic rings. The third-order valence-electron chi connectivity index (χ3n) is 10.1. The van der Waals surface area contributed by atoms with Crippen LogP contribution in [0.15, 0.2) is 152 Å². The van der Waals surface area contributed by atoms with Gasteiger partial charge in [-0.2, -0.15) is 0 Å². The van der Waals surface area contributed by atoms with Gasteiger partial charge in [0.15, 0.2) is 0 Å². The molecule has 230 valence electrons. The van der Waals surface area contributed by atoms with Crippen LogP contribution >= 0.6 is 0 Å². The molecule has 0 bridgehead atoms. The van der Waals surface area contributed by atoms with E-state index in [1.807, 2.05) is 48.5 Å². The summed E-state index contributed by atoms with van der Waals surface area (Å²) in [6.07, 6.45) is 0. The van der Waals surface area contributed by atoms with Crippen molar-refractivity contribution in [2.24, 2.45) is 0 Å². The maximum absolute atomic E-state index is 6.77. The molecule has 0 unspecified atom stereocenters. The highest BCUT2D eigenvalue weighted by Crippen LogP contribution is 2.44. The van der Waals surface area contributed by atoms with Crippen molar-refractivity contribution in [1.82, 2.24) is 9.55 Å². The smallest absolute Gasteiger partial charge is 0.145 e. The van der Waals surface area contributed by atoms with E-state index in [9.17, 15) is 0 Å². The van der Waals surface area contributed by atoms with Gasteiger partial charge in [0.1, 0.15) is 45.1 Å². The van der Waals surface area contributed by atoms with Crippen LogP contribution in [-0.2, 0) is 0 Å². The molecule has 2 nitrogen and oxygen atoms in total. The Labute approximate surface area is 309 Å². The lowest BCUT2D eigenvalue weighted by atomic mass is 9.59. The quantitative estimate of drug-likeness (QED) is 0.166. The van der Waals surface area contributed by atoms with Crippen LogP contribution in [0.2, 0.25) is 0 Å². The van der Waals surface area contributed by atoms with Gasteiger partial charge >= 0.3 is 0 Å². The summed E-state index contributed by atoms with van der Waals surface area (Å²) in [6, 6.07) is 52.4. The second-order valence-electron chi connectivity index (χ2n) is 13.0. The van der Waals surface area contributed by atoms with Crippen LogP contribution in [0.5, 0.6) is 0 Å². The predicted molar refractivity (Wildman–Crippen MR) is 225 cm³/mol. The number of fused-ring (bicyclic) bond motifs is 3. The van der Waals surface area contributed by atoms with Crippen LogP contribution in [0.1, 0.15) is 0 Å². The summed E-state index contributed by atoms with van der Waals surface area (Å²) in [4.78, 5) is 5.04. The van der Waals surface area contributed by atoms with E-state index < -0.39 is 0 Å². The lowest BCUT2D eigenvalue weighted by Crippen LogP contribution is -2.55. The summed E-state index contributed by atoms with van der Waals surface area (Å²) >= 11 is 0. The van der Waals surface area contributed by atoms with E-state index in [1.165, 1.54) is 0 Å². The van der Waals surface area contributed by atoms with Crippen molar-refractivity contribution < 1.29 is 0 Å². The highest BCUT2D eigenvalue weighted by Gasteiger charge is 2.22. The Kier molecular flexibility index (Phi) is 7.81. The zero-order valence-corrected chi connectivity index (χ0v) is 28.2. The monoisotopic (exact) mass is 648 g/mol. The average Bonchev–Trinajstić information content (AvgIpc) is 3.59. The van der Waals surface area contributed by atoms with E-state index in [0.717, 1.165) is 77.5 Å². The van der Waals surface area contributed by atoms with Crippen LogP contribution in [0.3, 0.4) is 0 Å². The molecule has 1 aromatic heterocycles. The Morgan fingerprint density at radius 1 is 0.365 bits per heavy atom. The summed E-state index contributed by atoms with van der Waals surface area (Å²) < 4.78 is 2.22. The summed E-state index contributed by atoms with van der Waals surface area (Å²) in [7, 11) is 32.7. The molecule has 0 saturated carbocycles. The minimum absolute atomic E-state index is 0.190. The van der Waals surface area contributed by atoms with E-state index in [2.05, 4.69) is 108 Å². The maximum atomic E-state index is 6.77. The van der Waals surface area contributed by atoms with Crippen molar-refractivity contribution in [2.75, 3.05) is 0 Å². The van der Waals surface area contributed by atoms with Crippen molar-refractivity contribution in [2.45, 2.75) is 0 Å². The third-order valence-corrected chi connectivity index (χ3v) is 10.1. The predicted octanol–water partition coefficient (Wildman–Crippen LogP) is 5.97. The molecule has 0 amide bonds. The molecule has 1 heterocycles. The fraction of sp³-hybridized carbons (Fsp3) is 0. The lowest BCUT2D eigenvalue weighted by Gasteiger charge is -2.25. The SMILES string of the molecule is [B]c1c([B])c([B])c(-c2c3ccccc3c(-c3ccc(-n4c(-c5ccccc5)nc5ccccc54)cc3)c3ccc(-c4ccccc4)cc23)c([B])c1[B]. The van der Waals surface area contributed by atoms with Crippen LogP contribution in [-0.4, -0.2) is 48.8 Å². The van der Waals surface area contributed by atoms with Crippen molar-refractivity contribution in [3.8, 4) is 50.5 Å². The molecule has 52 heavy (non-hydrogen) atoms. The number of aromatic nitrogens is 2. The first-order chi connectivity index (χ1) is 25.4. The number of para-hydroxylation sites is 2. The van der Waals surface area contributed by atoms with Crippen molar-refractivity contribution in [3.63, 3.8) is 0 Å². The van der Waals surface area contributed by atoms with Crippen LogP contribution in [0.25, 0.3) is 83.0 Å². The molecule has 0 saturated heterocycles. The van der Waals surface area contributed by atoms with Gasteiger partial charge in [-0.1, -0.05) is 132 Å². The highest BCUT2D eigenvalue weighted by molar-refractivity contribution is 6.69. The van der Waals surface area contributed by atoms with Gasteiger partial charge in [-0.3, -0.25) is 4.57 Å². The normalized spacial score (nSPS) is 11.5. The molecule has 0 atom stereocenters. The van der Waals surface area contributed by atoms with Gasteiger partial charge in [0.2, 0.25) is 0 Å².